The van der Waals surface area contributed by atoms with Crippen molar-refractivity contribution < 1.29 is 0 Å². The van der Waals surface area contributed by atoms with E-state index in [1.54, 1.807) is 17.7 Å². The Labute approximate surface area is 249 Å². The number of thiophene rings is 1. The summed E-state index contributed by atoms with van der Waals surface area (Å²) in [5.74, 6) is 2.55. The summed E-state index contributed by atoms with van der Waals surface area (Å²) in [5, 5.41) is 5.71. The van der Waals surface area contributed by atoms with E-state index in [2.05, 4.69) is 73.0 Å². The van der Waals surface area contributed by atoms with Crippen LogP contribution in [0.4, 0.5) is 0 Å². The SMILES string of the molecule is C1=NCNC(n2c3ccccc3c3sc4c5ccccc5n(-c5nc(-c6ccccc6)nc(-c6ccccc6)n5)c4c32)=N1. The van der Waals surface area contributed by atoms with E-state index in [0.29, 0.717) is 24.3 Å². The van der Waals surface area contributed by atoms with E-state index in [0.717, 1.165) is 44.5 Å². The number of nitrogens with zero attached hydrogens (tertiary/aromatic N) is 7. The molecule has 4 aromatic heterocycles. The van der Waals surface area contributed by atoms with E-state index >= 15 is 0 Å². The fourth-order valence-electron chi connectivity index (χ4n) is 5.92. The molecular weight excluding hydrogens is 552 g/mol. The van der Waals surface area contributed by atoms with E-state index < -0.39 is 0 Å². The molecule has 8 aromatic rings. The maximum atomic E-state index is 5.12. The van der Waals surface area contributed by atoms with Gasteiger partial charge in [0.05, 0.1) is 31.5 Å². The normalized spacial score (nSPS) is 13.3. The van der Waals surface area contributed by atoms with Gasteiger partial charge in [-0.2, -0.15) is 9.97 Å². The van der Waals surface area contributed by atoms with E-state index in [4.69, 9.17) is 15.0 Å². The van der Waals surface area contributed by atoms with E-state index in [-0.39, 0.29) is 0 Å². The van der Waals surface area contributed by atoms with Crippen molar-refractivity contribution in [2.75, 3.05) is 6.67 Å². The fourth-order valence-corrected chi connectivity index (χ4v) is 7.25. The number of nitrogens with one attached hydrogen (secondary N) is 1. The van der Waals surface area contributed by atoms with Gasteiger partial charge in [-0.3, -0.25) is 14.1 Å². The zero-order chi connectivity index (χ0) is 28.3. The van der Waals surface area contributed by atoms with Crippen molar-refractivity contribution in [3.8, 4) is 28.7 Å². The molecule has 9 rings (SSSR count). The van der Waals surface area contributed by atoms with Crippen LogP contribution in [0.15, 0.2) is 119 Å². The zero-order valence-electron chi connectivity index (χ0n) is 22.7. The first-order chi connectivity index (χ1) is 21.3. The molecule has 5 heterocycles. The largest absolute Gasteiger partial charge is 0.336 e. The van der Waals surface area contributed by atoms with Crippen LogP contribution in [0.1, 0.15) is 0 Å². The molecule has 0 radical (unpaired) electrons. The number of rotatable bonds is 3. The Balaban J connectivity index is 1.45. The molecule has 0 bridgehead atoms. The number of fused-ring (bicyclic) bond motifs is 7. The van der Waals surface area contributed by atoms with Crippen molar-refractivity contribution in [3.63, 3.8) is 0 Å². The maximum absolute atomic E-state index is 5.12. The van der Waals surface area contributed by atoms with Gasteiger partial charge < -0.3 is 5.32 Å². The van der Waals surface area contributed by atoms with E-state index in [9.17, 15) is 0 Å². The second kappa shape index (κ2) is 9.43. The van der Waals surface area contributed by atoms with Crippen molar-refractivity contribution in [1.82, 2.24) is 29.4 Å². The highest BCUT2D eigenvalue weighted by atomic mass is 32.1. The summed E-state index contributed by atoms with van der Waals surface area (Å²) < 4.78 is 6.76. The Morgan fingerprint density at radius 1 is 0.581 bits per heavy atom. The topological polar surface area (TPSA) is 85.3 Å². The van der Waals surface area contributed by atoms with Crippen LogP contribution in [0.25, 0.3) is 71.0 Å². The predicted octanol–water partition coefficient (Wildman–Crippen LogP) is 7.27. The van der Waals surface area contributed by atoms with Crippen molar-refractivity contribution in [1.29, 1.82) is 0 Å². The summed E-state index contributed by atoms with van der Waals surface area (Å²) in [6.45, 7) is 0.470. The van der Waals surface area contributed by atoms with Gasteiger partial charge in [0.1, 0.15) is 13.0 Å². The van der Waals surface area contributed by atoms with Crippen LogP contribution in [0.3, 0.4) is 0 Å². The molecule has 43 heavy (non-hydrogen) atoms. The lowest BCUT2D eigenvalue weighted by atomic mass is 10.2. The zero-order valence-corrected chi connectivity index (χ0v) is 23.5. The molecule has 8 nitrogen and oxygen atoms in total. The van der Waals surface area contributed by atoms with Crippen molar-refractivity contribution in [3.05, 3.63) is 109 Å². The Morgan fingerprint density at radius 2 is 1.12 bits per heavy atom. The molecule has 0 amide bonds. The smallest absolute Gasteiger partial charge is 0.238 e. The molecule has 0 unspecified atom stereocenters. The van der Waals surface area contributed by atoms with Gasteiger partial charge in [0.25, 0.3) is 0 Å². The van der Waals surface area contributed by atoms with Crippen LogP contribution in [0.5, 0.6) is 0 Å². The molecular formula is C34H22N8S. The standard InChI is InChI=1S/C34H22N8S/c1-3-11-21(12-4-1)31-38-32(22-13-5-2-6-14-22)40-34(39-31)42-26-18-10-8-16-24(26)30-28(42)27-29(43-30)23-15-7-9-17-25(23)41(27)33-36-19-35-20-37-33/h1-19H,20H2,(H,35,36,37). The van der Waals surface area contributed by atoms with Gasteiger partial charge in [-0.05, 0) is 12.1 Å². The summed E-state index contributed by atoms with van der Waals surface area (Å²) in [6, 6.07) is 37.1. The lowest BCUT2D eigenvalue weighted by molar-refractivity contribution is 0.881. The Hall–Kier alpha value is -5.67. The summed E-state index contributed by atoms with van der Waals surface area (Å²) in [7, 11) is 0. The molecule has 204 valence electrons. The third-order valence-electron chi connectivity index (χ3n) is 7.77. The lowest BCUT2D eigenvalue weighted by Crippen LogP contribution is -2.32. The first-order valence-corrected chi connectivity index (χ1v) is 14.8. The van der Waals surface area contributed by atoms with Gasteiger partial charge >= 0.3 is 0 Å². The van der Waals surface area contributed by atoms with Crippen molar-refractivity contribution in [2.45, 2.75) is 0 Å². The second-order valence-corrected chi connectivity index (χ2v) is 11.3. The third-order valence-corrected chi connectivity index (χ3v) is 9.01. The summed E-state index contributed by atoms with van der Waals surface area (Å²) in [4.78, 5) is 24.1. The number of hydrogen-bond acceptors (Lipinski definition) is 7. The number of hydrogen-bond donors (Lipinski definition) is 1. The average Bonchev–Trinajstić information content (AvgIpc) is 3.72. The molecule has 4 aromatic carbocycles. The van der Waals surface area contributed by atoms with Gasteiger partial charge in [0, 0.05) is 21.9 Å². The van der Waals surface area contributed by atoms with Gasteiger partial charge in [0.2, 0.25) is 11.9 Å². The molecule has 9 heteroatoms. The van der Waals surface area contributed by atoms with Crippen LogP contribution < -0.4 is 5.32 Å². The Bertz CT molecular complexity index is 2340. The Morgan fingerprint density at radius 3 is 1.70 bits per heavy atom. The molecule has 0 atom stereocenters. The highest BCUT2D eigenvalue weighted by molar-refractivity contribution is 7.27. The lowest BCUT2D eigenvalue weighted by Gasteiger charge is -2.14. The minimum atomic E-state index is 0.470. The van der Waals surface area contributed by atoms with E-state index in [1.807, 2.05) is 60.7 Å². The first-order valence-electron chi connectivity index (χ1n) is 14.0. The molecule has 1 aliphatic heterocycles. The van der Waals surface area contributed by atoms with Crippen molar-refractivity contribution in [2.24, 2.45) is 9.98 Å². The molecule has 0 saturated heterocycles. The molecule has 0 fully saturated rings. The molecule has 1 aliphatic rings. The fraction of sp³-hybridized carbons (Fsp3) is 0.0294. The highest BCUT2D eigenvalue weighted by Gasteiger charge is 2.26. The highest BCUT2D eigenvalue weighted by Crippen LogP contribution is 2.46. The molecule has 0 aliphatic carbocycles. The number of benzene rings is 4. The first kappa shape index (κ1) is 24.0. The summed E-state index contributed by atoms with van der Waals surface area (Å²) in [5.41, 5.74) is 6.07. The maximum Gasteiger partial charge on any atom is 0.238 e. The average molecular weight is 575 g/mol. The Kier molecular flexibility index (Phi) is 5.26. The van der Waals surface area contributed by atoms with Gasteiger partial charge in [0.15, 0.2) is 11.6 Å². The molecule has 0 spiro atoms. The summed E-state index contributed by atoms with van der Waals surface area (Å²) in [6.07, 6.45) is 1.62. The number of para-hydroxylation sites is 2. The number of aromatic nitrogens is 5. The second-order valence-electron chi connectivity index (χ2n) is 10.3. The monoisotopic (exact) mass is 574 g/mol. The quantitative estimate of drug-likeness (QED) is 0.241. The third kappa shape index (κ3) is 3.65. The number of aliphatic imine (C=N–C) groups is 2. The minimum Gasteiger partial charge on any atom is -0.336 e. The van der Waals surface area contributed by atoms with Gasteiger partial charge in [-0.1, -0.05) is 97.1 Å². The van der Waals surface area contributed by atoms with E-state index in [1.165, 1.54) is 14.8 Å². The van der Waals surface area contributed by atoms with Gasteiger partial charge in [-0.25, -0.2) is 9.98 Å². The van der Waals surface area contributed by atoms with Gasteiger partial charge in [-0.15, -0.1) is 11.3 Å². The molecule has 1 N–H and O–H groups in total. The van der Waals surface area contributed by atoms with Crippen LogP contribution in [0.2, 0.25) is 0 Å². The minimum absolute atomic E-state index is 0.470. The predicted molar refractivity (Wildman–Crippen MR) is 175 cm³/mol. The van der Waals surface area contributed by atoms with Crippen LogP contribution in [-0.4, -0.2) is 43.1 Å². The van der Waals surface area contributed by atoms with Crippen LogP contribution in [-0.2, 0) is 0 Å². The van der Waals surface area contributed by atoms with Crippen LogP contribution >= 0.6 is 11.3 Å². The van der Waals surface area contributed by atoms with Crippen LogP contribution in [0, 0.1) is 0 Å². The summed E-state index contributed by atoms with van der Waals surface area (Å²) >= 11 is 1.79. The molecule has 0 saturated carbocycles. The van der Waals surface area contributed by atoms with Crippen molar-refractivity contribution >= 4 is 65.9 Å².